The molecular weight excluding hydrogens is 126 g/mol. The van der Waals surface area contributed by atoms with Crippen LogP contribution in [0.1, 0.15) is 0 Å². The molecule has 58 valence electrons. The molecule has 0 aromatic rings. The number of hydrogen-bond donors (Lipinski definition) is 3. The maximum atomic E-state index is 5.73. The molecule has 1 heterocycles. The molecule has 10 heavy (non-hydrogen) atoms. The minimum absolute atomic E-state index is 0.0767. The lowest BCUT2D eigenvalue weighted by Gasteiger charge is -2.27. The van der Waals surface area contributed by atoms with Crippen LogP contribution in [0.25, 0.3) is 0 Å². The molecule has 1 rings (SSSR count). The number of hydrogen-bond acceptors (Lipinski definition) is 3. The van der Waals surface area contributed by atoms with Gasteiger partial charge < -0.3 is 16.4 Å². The fourth-order valence-corrected chi connectivity index (χ4v) is 1.11. The fraction of sp³-hybridized carbons (Fsp3) is 0.714. The summed E-state index contributed by atoms with van der Waals surface area (Å²) in [5.41, 5.74) is 5.73. The van der Waals surface area contributed by atoms with Crippen LogP contribution in [0.4, 0.5) is 0 Å². The van der Waals surface area contributed by atoms with E-state index in [-0.39, 0.29) is 6.04 Å². The van der Waals surface area contributed by atoms with E-state index >= 15 is 0 Å². The third-order valence-corrected chi connectivity index (χ3v) is 1.81. The Kier molecular flexibility index (Phi) is 2.86. The van der Waals surface area contributed by atoms with Crippen molar-refractivity contribution in [3.05, 3.63) is 12.7 Å². The van der Waals surface area contributed by atoms with Gasteiger partial charge in [-0.2, -0.15) is 0 Å². The van der Waals surface area contributed by atoms with Crippen LogP contribution in [0.5, 0.6) is 0 Å². The highest BCUT2D eigenvalue weighted by Gasteiger charge is 2.16. The molecular formula is C7H15N3. The summed E-state index contributed by atoms with van der Waals surface area (Å²) in [7, 11) is 0. The highest BCUT2D eigenvalue weighted by molar-refractivity contribution is 4.95. The van der Waals surface area contributed by atoms with E-state index in [0.717, 1.165) is 19.6 Å². The van der Waals surface area contributed by atoms with Crippen molar-refractivity contribution in [2.45, 2.75) is 12.1 Å². The summed E-state index contributed by atoms with van der Waals surface area (Å²) in [5, 5.41) is 6.57. The molecule has 1 fully saturated rings. The van der Waals surface area contributed by atoms with Gasteiger partial charge in [-0.3, -0.25) is 0 Å². The molecule has 0 aromatic carbocycles. The predicted octanol–water partition coefficient (Wildman–Crippen LogP) is -0.939. The second-order valence-corrected chi connectivity index (χ2v) is 2.58. The van der Waals surface area contributed by atoms with E-state index < -0.39 is 0 Å². The van der Waals surface area contributed by atoms with Crippen molar-refractivity contribution in [3.63, 3.8) is 0 Å². The summed E-state index contributed by atoms with van der Waals surface area (Å²) in [4.78, 5) is 0. The first-order valence-electron chi connectivity index (χ1n) is 3.67. The molecule has 0 spiro atoms. The van der Waals surface area contributed by atoms with Gasteiger partial charge in [0.2, 0.25) is 0 Å². The number of rotatable bonds is 2. The van der Waals surface area contributed by atoms with Crippen LogP contribution in [0.15, 0.2) is 12.7 Å². The molecule has 1 saturated heterocycles. The van der Waals surface area contributed by atoms with E-state index in [2.05, 4.69) is 17.2 Å². The maximum absolute atomic E-state index is 5.73. The van der Waals surface area contributed by atoms with Crippen LogP contribution in [0.2, 0.25) is 0 Å². The molecule has 0 aliphatic carbocycles. The minimum atomic E-state index is 0.0767. The SMILES string of the molecule is C=CC(N)C1CNCCN1. The van der Waals surface area contributed by atoms with Gasteiger partial charge >= 0.3 is 0 Å². The Labute approximate surface area is 61.7 Å². The zero-order chi connectivity index (χ0) is 7.40. The highest BCUT2D eigenvalue weighted by atomic mass is 15.1. The minimum Gasteiger partial charge on any atom is -0.323 e. The average Bonchev–Trinajstić information content (AvgIpc) is 2.05. The average molecular weight is 141 g/mol. The van der Waals surface area contributed by atoms with E-state index in [4.69, 9.17) is 5.73 Å². The van der Waals surface area contributed by atoms with Gasteiger partial charge in [-0.25, -0.2) is 0 Å². The molecule has 1 aliphatic heterocycles. The quantitative estimate of drug-likeness (QED) is 0.435. The Bertz CT molecular complexity index is 107. The lowest BCUT2D eigenvalue weighted by atomic mass is 10.1. The molecule has 3 nitrogen and oxygen atoms in total. The Morgan fingerprint density at radius 1 is 1.60 bits per heavy atom. The van der Waals surface area contributed by atoms with Crippen molar-refractivity contribution in [1.82, 2.24) is 10.6 Å². The van der Waals surface area contributed by atoms with Crippen molar-refractivity contribution in [3.8, 4) is 0 Å². The van der Waals surface area contributed by atoms with Crippen molar-refractivity contribution in [1.29, 1.82) is 0 Å². The van der Waals surface area contributed by atoms with Crippen molar-refractivity contribution < 1.29 is 0 Å². The van der Waals surface area contributed by atoms with Crippen molar-refractivity contribution in [2.75, 3.05) is 19.6 Å². The summed E-state index contributed by atoms with van der Waals surface area (Å²) >= 11 is 0. The second-order valence-electron chi connectivity index (χ2n) is 2.58. The summed E-state index contributed by atoms with van der Waals surface area (Å²) in [6, 6.07) is 0.444. The van der Waals surface area contributed by atoms with Crippen LogP contribution in [0, 0.1) is 0 Å². The lowest BCUT2D eigenvalue weighted by Crippen LogP contribution is -2.55. The van der Waals surface area contributed by atoms with E-state index in [9.17, 15) is 0 Å². The smallest absolute Gasteiger partial charge is 0.0390 e. The van der Waals surface area contributed by atoms with E-state index in [1.54, 1.807) is 6.08 Å². The van der Waals surface area contributed by atoms with Gasteiger partial charge in [0.25, 0.3) is 0 Å². The van der Waals surface area contributed by atoms with Gasteiger partial charge in [-0.05, 0) is 0 Å². The Hall–Kier alpha value is -0.380. The second kappa shape index (κ2) is 3.71. The van der Waals surface area contributed by atoms with Gasteiger partial charge in [0, 0.05) is 31.7 Å². The van der Waals surface area contributed by atoms with Gasteiger partial charge in [0.15, 0.2) is 0 Å². The summed E-state index contributed by atoms with van der Waals surface area (Å²) < 4.78 is 0. The van der Waals surface area contributed by atoms with Crippen LogP contribution < -0.4 is 16.4 Å². The van der Waals surface area contributed by atoms with Crippen molar-refractivity contribution >= 4 is 0 Å². The Morgan fingerprint density at radius 2 is 2.40 bits per heavy atom. The molecule has 1 aliphatic rings. The zero-order valence-electron chi connectivity index (χ0n) is 6.14. The van der Waals surface area contributed by atoms with E-state index in [1.165, 1.54) is 0 Å². The van der Waals surface area contributed by atoms with Gasteiger partial charge in [0.05, 0.1) is 0 Å². The van der Waals surface area contributed by atoms with Gasteiger partial charge in [-0.15, -0.1) is 6.58 Å². The van der Waals surface area contributed by atoms with Gasteiger partial charge in [-0.1, -0.05) is 6.08 Å². The van der Waals surface area contributed by atoms with Crippen LogP contribution in [0.3, 0.4) is 0 Å². The molecule has 0 amide bonds. The first kappa shape index (κ1) is 7.72. The molecule has 2 atom stereocenters. The zero-order valence-corrected chi connectivity index (χ0v) is 6.14. The third-order valence-electron chi connectivity index (χ3n) is 1.81. The van der Waals surface area contributed by atoms with E-state index in [0.29, 0.717) is 6.04 Å². The first-order valence-corrected chi connectivity index (χ1v) is 3.67. The third kappa shape index (κ3) is 1.80. The predicted molar refractivity (Wildman–Crippen MR) is 42.8 cm³/mol. The largest absolute Gasteiger partial charge is 0.323 e. The summed E-state index contributed by atoms with van der Waals surface area (Å²) in [6.45, 7) is 6.64. The Morgan fingerprint density at radius 3 is 2.90 bits per heavy atom. The topological polar surface area (TPSA) is 50.1 Å². The maximum Gasteiger partial charge on any atom is 0.0390 e. The lowest BCUT2D eigenvalue weighted by molar-refractivity contribution is 0.393. The molecule has 0 aromatic heterocycles. The summed E-state index contributed by atoms with van der Waals surface area (Å²) in [5.74, 6) is 0. The van der Waals surface area contributed by atoms with Crippen molar-refractivity contribution in [2.24, 2.45) is 5.73 Å². The summed E-state index contributed by atoms with van der Waals surface area (Å²) in [6.07, 6.45) is 1.78. The van der Waals surface area contributed by atoms with Crippen LogP contribution in [-0.2, 0) is 0 Å². The number of nitrogens with one attached hydrogen (secondary N) is 2. The van der Waals surface area contributed by atoms with Gasteiger partial charge in [0.1, 0.15) is 0 Å². The molecule has 2 unspecified atom stereocenters. The number of piperazine rings is 1. The molecule has 3 heteroatoms. The molecule has 0 bridgehead atoms. The normalized spacial score (nSPS) is 29.5. The number of nitrogens with two attached hydrogens (primary N) is 1. The molecule has 0 saturated carbocycles. The van der Waals surface area contributed by atoms with E-state index in [1.807, 2.05) is 0 Å². The monoisotopic (exact) mass is 141 g/mol. The Balaban J connectivity index is 2.30. The standard InChI is InChI=1S/C7H15N3/c1-2-6(8)7-5-9-3-4-10-7/h2,6-7,9-10H,1,3-5,8H2. The van der Waals surface area contributed by atoms with Crippen LogP contribution in [-0.4, -0.2) is 31.7 Å². The molecule has 4 N–H and O–H groups in total. The highest BCUT2D eigenvalue weighted by Crippen LogP contribution is 1.92. The van der Waals surface area contributed by atoms with Crippen LogP contribution >= 0.6 is 0 Å². The fourth-order valence-electron chi connectivity index (χ4n) is 1.11. The molecule has 0 radical (unpaired) electrons. The first-order chi connectivity index (χ1) is 4.84.